The number of nitrogens with zero attached hydrogens (tertiary/aromatic N) is 1. The molecule has 0 radical (unpaired) electrons. The van der Waals surface area contributed by atoms with Crippen molar-refractivity contribution in [3.05, 3.63) is 61.0 Å². The van der Waals surface area contributed by atoms with Gasteiger partial charge in [0.1, 0.15) is 6.10 Å². The van der Waals surface area contributed by atoms with E-state index in [2.05, 4.69) is 36.4 Å². The normalized spacial score (nSPS) is 25.7. The zero-order valence-electron chi connectivity index (χ0n) is 15.7. The summed E-state index contributed by atoms with van der Waals surface area (Å²) >= 11 is 2.14. The van der Waals surface area contributed by atoms with Gasteiger partial charge in [0.25, 0.3) is 0 Å². The van der Waals surface area contributed by atoms with Gasteiger partial charge in [-0.25, -0.2) is 0 Å². The van der Waals surface area contributed by atoms with Gasteiger partial charge in [0.05, 0.1) is 17.4 Å². The summed E-state index contributed by atoms with van der Waals surface area (Å²) in [5, 5.41) is 21.7. The van der Waals surface area contributed by atoms with Gasteiger partial charge in [0.15, 0.2) is 0 Å². The Hall–Kier alpha value is -1.19. The lowest BCUT2D eigenvalue weighted by molar-refractivity contribution is -0.137. The van der Waals surface area contributed by atoms with Crippen LogP contribution < -0.4 is 0 Å². The van der Waals surface area contributed by atoms with E-state index in [4.69, 9.17) is 4.98 Å². The van der Waals surface area contributed by atoms with Crippen LogP contribution in [0.5, 0.6) is 0 Å². The molecular weight excluding hydrogens is 482 g/mol. The highest BCUT2D eigenvalue weighted by Gasteiger charge is 2.40. The summed E-state index contributed by atoms with van der Waals surface area (Å²) in [6.07, 6.45) is -4.88. The number of alkyl halides is 3. The van der Waals surface area contributed by atoms with Crippen LogP contribution in [0.3, 0.4) is 0 Å². The van der Waals surface area contributed by atoms with E-state index in [1.165, 1.54) is 6.07 Å². The van der Waals surface area contributed by atoms with E-state index in [9.17, 15) is 23.4 Å². The fourth-order valence-electron chi connectivity index (χ4n) is 4.54. The molecule has 0 saturated carbocycles. The van der Waals surface area contributed by atoms with Crippen molar-refractivity contribution in [3.63, 3.8) is 0 Å². The summed E-state index contributed by atoms with van der Waals surface area (Å²) in [5.74, 6) is -0.378. The number of hydrogen-bond donors (Lipinski definition) is 2. The van der Waals surface area contributed by atoms with Crippen LogP contribution in [0.15, 0.2) is 18.2 Å². The molecule has 1 aromatic heterocycles. The van der Waals surface area contributed by atoms with Crippen LogP contribution in [-0.2, 0) is 12.6 Å². The second-order valence-electron chi connectivity index (χ2n) is 8.61. The third-order valence-corrected chi connectivity index (χ3v) is 7.06. The Balaban J connectivity index is 1.92. The first-order valence-corrected chi connectivity index (χ1v) is 10.3. The molecule has 2 aliphatic carbocycles. The molecule has 0 aliphatic heterocycles. The Morgan fingerprint density at radius 3 is 2.46 bits per heavy atom. The lowest BCUT2D eigenvalue weighted by atomic mass is 9.72. The summed E-state index contributed by atoms with van der Waals surface area (Å²) in [4.78, 5) is 4.78. The van der Waals surface area contributed by atoms with E-state index in [1.807, 2.05) is 6.92 Å². The van der Waals surface area contributed by atoms with Crippen LogP contribution in [0.2, 0.25) is 0 Å². The number of aromatic nitrogens is 1. The number of aliphatic hydroxyl groups excluding tert-OH is 2. The molecular formula is C21H21F3INO2. The third-order valence-electron chi connectivity index (χ3n) is 5.90. The maximum Gasteiger partial charge on any atom is 0.416 e. The zero-order valence-corrected chi connectivity index (χ0v) is 17.9. The number of aliphatic hydroxyl groups is 2. The lowest BCUT2D eigenvalue weighted by Crippen LogP contribution is -2.30. The fourth-order valence-corrected chi connectivity index (χ4v) is 5.78. The number of fused-ring (bicyclic) bond motifs is 3. The zero-order chi connectivity index (χ0) is 20.6. The molecule has 0 saturated heterocycles. The first-order chi connectivity index (χ1) is 12.9. The topological polar surface area (TPSA) is 53.4 Å². The highest BCUT2D eigenvalue weighted by atomic mass is 127. The minimum Gasteiger partial charge on any atom is -0.388 e. The van der Waals surface area contributed by atoms with Gasteiger partial charge in [-0.05, 0) is 64.1 Å². The highest BCUT2D eigenvalue weighted by Crippen LogP contribution is 2.49. The van der Waals surface area contributed by atoms with Gasteiger partial charge in [-0.1, -0.05) is 26.8 Å². The molecule has 1 aromatic carbocycles. The fraction of sp³-hybridized carbons (Fsp3) is 0.476. The summed E-state index contributed by atoms with van der Waals surface area (Å²) in [6, 6.07) is 3.49. The van der Waals surface area contributed by atoms with Crippen molar-refractivity contribution in [1.82, 2.24) is 4.98 Å². The molecule has 1 unspecified atom stereocenters. The summed E-state index contributed by atoms with van der Waals surface area (Å²) in [6.45, 7) is 5.95. The van der Waals surface area contributed by atoms with Gasteiger partial charge in [-0.15, -0.1) is 0 Å². The molecule has 2 aromatic rings. The predicted octanol–water partition coefficient (Wildman–Crippen LogP) is 5.26. The van der Waals surface area contributed by atoms with E-state index < -0.39 is 23.9 Å². The van der Waals surface area contributed by atoms with E-state index in [1.54, 1.807) is 0 Å². The smallest absolute Gasteiger partial charge is 0.388 e. The third kappa shape index (κ3) is 3.06. The maximum atomic E-state index is 13.2. The van der Waals surface area contributed by atoms with Gasteiger partial charge in [0.2, 0.25) is 0 Å². The SMILES string of the molecule is CC1c2cc(C(F)(F)F)ccc2[C@@H](O)c2c1nc1c(c2I)[C@@H](O)CC(C)(C)C1. The standard InChI is InChI=1S/C21H21F3INO2/c1-9-12-6-10(21(22,23)24)4-5-11(12)19(28)16-17(25)15-13(26-18(9)16)7-20(2,3)8-14(15)27/h4-6,9,14,19,27-28H,7-8H2,1-3H3/t9?,14-,19+/m0/s1. The second kappa shape index (κ2) is 6.40. The molecule has 7 heteroatoms. The Morgan fingerprint density at radius 1 is 1.14 bits per heavy atom. The number of halogens is 4. The highest BCUT2D eigenvalue weighted by molar-refractivity contribution is 14.1. The molecule has 0 amide bonds. The Bertz CT molecular complexity index is 971. The van der Waals surface area contributed by atoms with Crippen molar-refractivity contribution in [3.8, 4) is 0 Å². The Kier molecular flexibility index (Phi) is 4.60. The monoisotopic (exact) mass is 503 g/mol. The molecule has 2 aliphatic rings. The molecule has 1 heterocycles. The minimum atomic E-state index is -4.44. The number of rotatable bonds is 0. The van der Waals surface area contributed by atoms with E-state index in [0.29, 0.717) is 35.2 Å². The second-order valence-corrected chi connectivity index (χ2v) is 9.69. The maximum absolute atomic E-state index is 13.2. The first kappa shape index (κ1) is 20.1. The Morgan fingerprint density at radius 2 is 1.82 bits per heavy atom. The van der Waals surface area contributed by atoms with Gasteiger partial charge < -0.3 is 10.2 Å². The van der Waals surface area contributed by atoms with E-state index in [0.717, 1.165) is 27.0 Å². The van der Waals surface area contributed by atoms with Gasteiger partial charge in [-0.3, -0.25) is 4.98 Å². The molecule has 150 valence electrons. The van der Waals surface area contributed by atoms with Crippen molar-refractivity contribution in [2.45, 2.75) is 57.9 Å². The van der Waals surface area contributed by atoms with Crippen LogP contribution in [-0.4, -0.2) is 15.2 Å². The minimum absolute atomic E-state index is 0.116. The van der Waals surface area contributed by atoms with E-state index >= 15 is 0 Å². The van der Waals surface area contributed by atoms with Gasteiger partial charge in [0, 0.05) is 26.3 Å². The molecule has 3 nitrogen and oxygen atoms in total. The predicted molar refractivity (Wildman–Crippen MR) is 107 cm³/mol. The van der Waals surface area contributed by atoms with Crippen LogP contribution >= 0.6 is 22.6 Å². The van der Waals surface area contributed by atoms with Crippen LogP contribution in [0, 0.1) is 8.99 Å². The number of hydrogen-bond acceptors (Lipinski definition) is 3. The number of benzene rings is 1. The average Bonchev–Trinajstić information content (AvgIpc) is 2.56. The van der Waals surface area contributed by atoms with Crippen LogP contribution in [0.4, 0.5) is 13.2 Å². The van der Waals surface area contributed by atoms with Gasteiger partial charge >= 0.3 is 6.18 Å². The van der Waals surface area contributed by atoms with Crippen LogP contribution in [0.25, 0.3) is 0 Å². The average molecular weight is 503 g/mol. The van der Waals surface area contributed by atoms with Crippen molar-refractivity contribution < 1.29 is 23.4 Å². The molecule has 0 fully saturated rings. The van der Waals surface area contributed by atoms with Crippen molar-refractivity contribution >= 4 is 22.6 Å². The quantitative estimate of drug-likeness (QED) is 0.483. The molecule has 4 rings (SSSR count). The largest absolute Gasteiger partial charge is 0.416 e. The van der Waals surface area contributed by atoms with Crippen molar-refractivity contribution in [1.29, 1.82) is 0 Å². The molecule has 0 bridgehead atoms. The Labute approximate surface area is 175 Å². The summed E-state index contributed by atoms with van der Waals surface area (Å²) in [5.41, 5.74) is 2.83. The first-order valence-electron chi connectivity index (χ1n) is 9.20. The van der Waals surface area contributed by atoms with Gasteiger partial charge in [-0.2, -0.15) is 13.2 Å². The van der Waals surface area contributed by atoms with Crippen molar-refractivity contribution in [2.75, 3.05) is 0 Å². The van der Waals surface area contributed by atoms with Crippen LogP contribution in [0.1, 0.15) is 84.5 Å². The van der Waals surface area contributed by atoms with E-state index in [-0.39, 0.29) is 11.3 Å². The van der Waals surface area contributed by atoms with Crippen molar-refractivity contribution in [2.24, 2.45) is 5.41 Å². The molecule has 3 atom stereocenters. The molecule has 2 N–H and O–H groups in total. The summed E-state index contributed by atoms with van der Waals surface area (Å²) < 4.78 is 40.3. The lowest BCUT2D eigenvalue weighted by Gasteiger charge is -2.38. The summed E-state index contributed by atoms with van der Waals surface area (Å²) in [7, 11) is 0. The number of pyridine rings is 1. The molecule has 28 heavy (non-hydrogen) atoms. The molecule has 0 spiro atoms.